The van der Waals surface area contributed by atoms with Crippen LogP contribution in [0.3, 0.4) is 0 Å². The first kappa shape index (κ1) is 21.2. The van der Waals surface area contributed by atoms with Crippen molar-refractivity contribution in [1.82, 2.24) is 14.5 Å². The molecule has 0 aromatic heterocycles. The summed E-state index contributed by atoms with van der Waals surface area (Å²) in [5.74, 6) is 0. The molecule has 2 saturated heterocycles. The molecule has 2 aliphatic rings. The van der Waals surface area contributed by atoms with Crippen LogP contribution in [0.2, 0.25) is 0 Å². The molecular weight excluding hydrogens is 376 g/mol. The summed E-state index contributed by atoms with van der Waals surface area (Å²) < 4.78 is 21.3. The van der Waals surface area contributed by atoms with Crippen molar-refractivity contribution in [3.63, 3.8) is 0 Å². The van der Waals surface area contributed by atoms with E-state index in [0.717, 1.165) is 38.8 Å². The first-order valence-corrected chi connectivity index (χ1v) is 12.0. The van der Waals surface area contributed by atoms with Crippen LogP contribution in [0.25, 0.3) is 0 Å². The van der Waals surface area contributed by atoms with Gasteiger partial charge in [0, 0.05) is 57.3 Å². The predicted molar refractivity (Wildman–Crippen MR) is 116 cm³/mol. The third kappa shape index (κ3) is 5.11. The van der Waals surface area contributed by atoms with Gasteiger partial charge in [-0.2, -0.15) is 0 Å². The number of nitrogens with one attached hydrogen (secondary N) is 1. The van der Waals surface area contributed by atoms with Gasteiger partial charge < -0.3 is 15.1 Å². The predicted octanol–water partition coefficient (Wildman–Crippen LogP) is 3.37. The first-order valence-electron chi connectivity index (χ1n) is 10.1. The van der Waals surface area contributed by atoms with Gasteiger partial charge in [-0.15, -0.1) is 10.8 Å². The highest BCUT2D eigenvalue weighted by Crippen LogP contribution is 2.40. The van der Waals surface area contributed by atoms with Crippen molar-refractivity contribution in [2.75, 3.05) is 44.4 Å². The molecule has 0 atom stereocenters. The summed E-state index contributed by atoms with van der Waals surface area (Å²) in [7, 11) is -0.790. The van der Waals surface area contributed by atoms with Crippen molar-refractivity contribution in [2.24, 2.45) is 0 Å². The number of piperidine rings is 2. The van der Waals surface area contributed by atoms with Crippen molar-refractivity contribution < 1.29 is 13.9 Å². The third-order valence-electron chi connectivity index (χ3n) is 6.06. The molecule has 158 valence electrons. The Morgan fingerprint density at radius 3 is 2.29 bits per heavy atom. The summed E-state index contributed by atoms with van der Waals surface area (Å²) in [6.45, 7) is 5.26. The molecule has 7 nitrogen and oxygen atoms in total. The number of carbonyl (C=O) groups excluding carboxylic acids is 1. The normalized spacial score (nSPS) is 20.8. The number of hydrogen-bond acceptors (Lipinski definition) is 5. The maximum Gasteiger partial charge on any atom is 0.317 e. The molecule has 0 spiro atoms. The molecule has 0 unspecified atom stereocenters. The molecule has 1 aromatic rings. The van der Waals surface area contributed by atoms with Crippen LogP contribution >= 0.6 is 10.8 Å². The third-order valence-corrected chi connectivity index (χ3v) is 7.40. The van der Waals surface area contributed by atoms with Gasteiger partial charge in [0.15, 0.2) is 0 Å². The van der Waals surface area contributed by atoms with Gasteiger partial charge in [0.05, 0.1) is 0 Å². The van der Waals surface area contributed by atoms with Gasteiger partial charge in [-0.3, -0.25) is 9.11 Å². The van der Waals surface area contributed by atoms with Gasteiger partial charge in [-0.25, -0.2) is 9.10 Å². The quantitative estimate of drug-likeness (QED) is 0.709. The van der Waals surface area contributed by atoms with Gasteiger partial charge in [-0.05, 0) is 44.2 Å². The molecule has 0 radical (unpaired) electrons. The molecular formula is C20H34N4O3S. The number of carbonyl (C=O) groups is 1. The Hall–Kier alpha value is -1.48. The highest BCUT2D eigenvalue weighted by Gasteiger charge is 2.30. The van der Waals surface area contributed by atoms with Gasteiger partial charge in [-0.1, -0.05) is 18.2 Å². The Morgan fingerprint density at radius 1 is 1.11 bits per heavy atom. The van der Waals surface area contributed by atoms with Crippen LogP contribution in [-0.2, 0) is 0 Å². The zero-order valence-electron chi connectivity index (χ0n) is 17.2. The number of nitrogens with zero attached hydrogens (tertiary/aromatic N) is 3. The van der Waals surface area contributed by atoms with E-state index in [1.807, 2.05) is 7.05 Å². The van der Waals surface area contributed by atoms with Gasteiger partial charge in [0.2, 0.25) is 0 Å². The fourth-order valence-electron chi connectivity index (χ4n) is 4.20. The fourth-order valence-corrected chi connectivity index (χ4v) is 5.10. The van der Waals surface area contributed by atoms with E-state index in [1.165, 1.54) is 17.5 Å². The topological polar surface area (TPSA) is 79.3 Å². The lowest BCUT2D eigenvalue weighted by molar-refractivity contribution is 0.156. The van der Waals surface area contributed by atoms with Crippen molar-refractivity contribution in [2.45, 2.75) is 44.7 Å². The average molecular weight is 411 g/mol. The van der Waals surface area contributed by atoms with Crippen LogP contribution < -0.4 is 10.2 Å². The maximum absolute atomic E-state index is 12.7. The van der Waals surface area contributed by atoms with E-state index in [4.69, 9.17) is 0 Å². The number of hydrogen-bond donors (Lipinski definition) is 3. The van der Waals surface area contributed by atoms with E-state index in [0.29, 0.717) is 13.1 Å². The molecule has 3 N–H and O–H groups in total. The SMILES string of the molecule is Cc1ccccc1N1CCC(NC(=O)N(C)C2CCN(S(C)(O)O)CC2)CC1. The molecule has 2 aliphatic heterocycles. The van der Waals surface area contributed by atoms with Crippen molar-refractivity contribution in [3.05, 3.63) is 29.8 Å². The van der Waals surface area contributed by atoms with E-state index in [-0.39, 0.29) is 18.1 Å². The van der Waals surface area contributed by atoms with Crippen LogP contribution in [-0.4, -0.2) is 75.9 Å². The number of urea groups is 1. The molecule has 0 saturated carbocycles. The lowest BCUT2D eigenvalue weighted by atomic mass is 10.0. The van der Waals surface area contributed by atoms with Gasteiger partial charge >= 0.3 is 6.03 Å². The van der Waals surface area contributed by atoms with Crippen molar-refractivity contribution in [3.8, 4) is 0 Å². The van der Waals surface area contributed by atoms with E-state index < -0.39 is 10.8 Å². The molecule has 0 aliphatic carbocycles. The summed E-state index contributed by atoms with van der Waals surface area (Å²) in [6, 6.07) is 8.78. The minimum absolute atomic E-state index is 0.0177. The second-order valence-corrected chi connectivity index (χ2v) is 10.2. The van der Waals surface area contributed by atoms with E-state index in [2.05, 4.69) is 41.4 Å². The largest absolute Gasteiger partial charge is 0.371 e. The van der Waals surface area contributed by atoms with Crippen molar-refractivity contribution in [1.29, 1.82) is 0 Å². The van der Waals surface area contributed by atoms with E-state index in [1.54, 1.807) is 9.21 Å². The molecule has 28 heavy (non-hydrogen) atoms. The number of amides is 2. The molecule has 2 fully saturated rings. The monoisotopic (exact) mass is 410 g/mol. The lowest BCUT2D eigenvalue weighted by Gasteiger charge is -2.45. The number of anilines is 1. The molecule has 1 aromatic carbocycles. The van der Waals surface area contributed by atoms with Crippen LogP contribution in [0.1, 0.15) is 31.2 Å². The average Bonchev–Trinajstić information content (AvgIpc) is 2.68. The molecule has 2 amide bonds. The smallest absolute Gasteiger partial charge is 0.317 e. The van der Waals surface area contributed by atoms with Crippen LogP contribution in [0, 0.1) is 6.92 Å². The second-order valence-electron chi connectivity index (χ2n) is 8.06. The van der Waals surface area contributed by atoms with Crippen LogP contribution in [0.15, 0.2) is 24.3 Å². The van der Waals surface area contributed by atoms with Gasteiger partial charge in [0.25, 0.3) is 0 Å². The van der Waals surface area contributed by atoms with Crippen LogP contribution in [0.4, 0.5) is 10.5 Å². The number of rotatable bonds is 4. The summed E-state index contributed by atoms with van der Waals surface area (Å²) in [4.78, 5) is 16.9. The zero-order chi connectivity index (χ0) is 20.3. The lowest BCUT2D eigenvalue weighted by Crippen LogP contribution is -2.53. The highest BCUT2D eigenvalue weighted by molar-refractivity contribution is 8.21. The zero-order valence-corrected chi connectivity index (χ0v) is 18.0. The standard InChI is InChI=1S/C20H34N4O3S/c1-16-6-4-5-7-19(16)23-12-8-17(9-13-23)21-20(25)22(2)18-10-14-24(15-11-18)28(3,26)27/h4-7,17-18,26-27H,8-15H2,1-3H3,(H,21,25). The summed E-state index contributed by atoms with van der Waals surface area (Å²) in [6.07, 6.45) is 4.89. The fraction of sp³-hybridized carbons (Fsp3) is 0.650. The summed E-state index contributed by atoms with van der Waals surface area (Å²) in [5, 5.41) is 3.20. The number of benzene rings is 1. The molecule has 0 bridgehead atoms. The maximum atomic E-state index is 12.7. The number of para-hydroxylation sites is 1. The Balaban J connectivity index is 1.45. The van der Waals surface area contributed by atoms with Gasteiger partial charge in [0.1, 0.15) is 0 Å². The molecule has 3 rings (SSSR count). The minimum Gasteiger partial charge on any atom is -0.371 e. The molecule has 2 heterocycles. The highest BCUT2D eigenvalue weighted by atomic mass is 32.3. The molecule has 8 heteroatoms. The summed E-state index contributed by atoms with van der Waals surface area (Å²) in [5.41, 5.74) is 2.58. The van der Waals surface area contributed by atoms with Crippen LogP contribution in [0.5, 0.6) is 0 Å². The first-order chi connectivity index (χ1) is 13.3. The Bertz CT molecular complexity index is 666. The second kappa shape index (κ2) is 8.90. The Kier molecular flexibility index (Phi) is 6.75. The van der Waals surface area contributed by atoms with Crippen molar-refractivity contribution >= 4 is 22.5 Å². The van der Waals surface area contributed by atoms with E-state index in [9.17, 15) is 13.9 Å². The summed E-state index contributed by atoms with van der Waals surface area (Å²) >= 11 is 0. The Labute approximate surface area is 170 Å². The Morgan fingerprint density at radius 2 is 1.71 bits per heavy atom. The van der Waals surface area contributed by atoms with E-state index >= 15 is 0 Å². The minimum atomic E-state index is -2.64. The number of aryl methyl sites for hydroxylation is 1.